The highest BCUT2D eigenvalue weighted by Crippen LogP contribution is 2.24. The Balaban J connectivity index is 1.45. The predicted molar refractivity (Wildman–Crippen MR) is 128 cm³/mol. The van der Waals surface area contributed by atoms with E-state index in [9.17, 15) is 14.4 Å². The number of hydrogen-bond donors (Lipinski definition) is 2. The third kappa shape index (κ3) is 6.67. The molecule has 3 N–H and O–H groups in total. The van der Waals surface area contributed by atoms with Crippen molar-refractivity contribution in [2.24, 2.45) is 17.6 Å². The van der Waals surface area contributed by atoms with Crippen molar-refractivity contribution in [3.05, 3.63) is 59.7 Å². The highest BCUT2D eigenvalue weighted by molar-refractivity contribution is 6.00. The van der Waals surface area contributed by atoms with Crippen molar-refractivity contribution in [1.82, 2.24) is 0 Å². The van der Waals surface area contributed by atoms with Crippen LogP contribution in [0.15, 0.2) is 48.5 Å². The molecular formula is C26H33N3O3. The fourth-order valence-electron chi connectivity index (χ4n) is 4.07. The SMILES string of the molecule is CC(C)Cc1ccc(C(=O)CCC(=O)Nc2ccc(N3CCC(C(N)=O)CC3)cc2)cc1. The van der Waals surface area contributed by atoms with Crippen molar-refractivity contribution < 1.29 is 14.4 Å². The van der Waals surface area contributed by atoms with E-state index in [0.29, 0.717) is 17.2 Å². The van der Waals surface area contributed by atoms with Crippen molar-refractivity contribution in [3.8, 4) is 0 Å². The molecule has 32 heavy (non-hydrogen) atoms. The van der Waals surface area contributed by atoms with Gasteiger partial charge >= 0.3 is 0 Å². The number of benzene rings is 2. The van der Waals surface area contributed by atoms with E-state index in [0.717, 1.165) is 38.0 Å². The first kappa shape index (κ1) is 23.5. The lowest BCUT2D eigenvalue weighted by molar-refractivity contribution is -0.122. The maximum Gasteiger partial charge on any atom is 0.224 e. The third-order valence-electron chi connectivity index (χ3n) is 5.91. The summed E-state index contributed by atoms with van der Waals surface area (Å²) in [6, 6.07) is 15.3. The first-order valence-electron chi connectivity index (χ1n) is 11.4. The third-order valence-corrected chi connectivity index (χ3v) is 5.91. The second-order valence-electron chi connectivity index (χ2n) is 8.98. The van der Waals surface area contributed by atoms with Gasteiger partial charge in [0.15, 0.2) is 5.78 Å². The number of nitrogens with one attached hydrogen (secondary N) is 1. The van der Waals surface area contributed by atoms with Crippen molar-refractivity contribution in [3.63, 3.8) is 0 Å². The van der Waals surface area contributed by atoms with Crippen LogP contribution in [0.5, 0.6) is 0 Å². The number of hydrogen-bond acceptors (Lipinski definition) is 4. The van der Waals surface area contributed by atoms with E-state index in [2.05, 4.69) is 24.1 Å². The van der Waals surface area contributed by atoms with Gasteiger partial charge in [0, 0.05) is 48.8 Å². The van der Waals surface area contributed by atoms with Crippen molar-refractivity contribution in [1.29, 1.82) is 0 Å². The van der Waals surface area contributed by atoms with Crippen LogP contribution in [0.4, 0.5) is 11.4 Å². The van der Waals surface area contributed by atoms with Gasteiger partial charge in [-0.2, -0.15) is 0 Å². The summed E-state index contributed by atoms with van der Waals surface area (Å²) in [7, 11) is 0. The fourth-order valence-corrected chi connectivity index (χ4v) is 4.07. The average Bonchev–Trinajstić information content (AvgIpc) is 2.78. The maximum atomic E-state index is 12.4. The van der Waals surface area contributed by atoms with Gasteiger partial charge in [-0.25, -0.2) is 0 Å². The number of carbonyl (C=O) groups is 3. The monoisotopic (exact) mass is 435 g/mol. The standard InChI is InChI=1S/C26H33N3O3/c1-18(2)17-19-3-5-20(6-4-19)24(30)11-12-25(31)28-22-7-9-23(10-8-22)29-15-13-21(14-16-29)26(27)32/h3-10,18,21H,11-17H2,1-2H3,(H2,27,32)(H,28,31). The highest BCUT2D eigenvalue weighted by Gasteiger charge is 2.23. The molecular weight excluding hydrogens is 402 g/mol. The second-order valence-corrected chi connectivity index (χ2v) is 8.98. The van der Waals surface area contributed by atoms with E-state index in [1.165, 1.54) is 5.56 Å². The van der Waals surface area contributed by atoms with Crippen molar-refractivity contribution in [2.45, 2.75) is 46.0 Å². The summed E-state index contributed by atoms with van der Waals surface area (Å²) in [5.74, 6) is 0.119. The number of Topliss-reactive ketones (excluding diaryl/α,β-unsaturated/α-hetero) is 1. The predicted octanol–water partition coefficient (Wildman–Crippen LogP) is 4.19. The smallest absolute Gasteiger partial charge is 0.224 e. The summed E-state index contributed by atoms with van der Waals surface area (Å²) in [4.78, 5) is 38.2. The van der Waals surface area contributed by atoms with Gasteiger partial charge in [0.05, 0.1) is 0 Å². The average molecular weight is 436 g/mol. The number of carbonyl (C=O) groups excluding carboxylic acids is 3. The number of anilines is 2. The molecule has 6 nitrogen and oxygen atoms in total. The van der Waals surface area contributed by atoms with Crippen LogP contribution >= 0.6 is 0 Å². The molecule has 1 fully saturated rings. The van der Waals surface area contributed by atoms with Crippen LogP contribution < -0.4 is 16.0 Å². The normalized spacial score (nSPS) is 14.4. The first-order valence-corrected chi connectivity index (χ1v) is 11.4. The minimum absolute atomic E-state index is 0.0223. The van der Waals surface area contributed by atoms with E-state index in [-0.39, 0.29) is 36.4 Å². The molecule has 2 aromatic carbocycles. The Morgan fingerprint density at radius 1 is 0.969 bits per heavy atom. The minimum atomic E-state index is -0.218. The van der Waals surface area contributed by atoms with Gasteiger partial charge in [0.2, 0.25) is 11.8 Å². The van der Waals surface area contributed by atoms with Gasteiger partial charge in [-0.15, -0.1) is 0 Å². The molecule has 0 spiro atoms. The zero-order chi connectivity index (χ0) is 23.1. The van der Waals surface area contributed by atoms with E-state index in [1.807, 2.05) is 48.5 Å². The van der Waals surface area contributed by atoms with E-state index in [4.69, 9.17) is 5.73 Å². The first-order chi connectivity index (χ1) is 15.3. The lowest BCUT2D eigenvalue weighted by atomic mass is 9.96. The molecule has 2 aromatic rings. The fraction of sp³-hybridized carbons (Fsp3) is 0.423. The van der Waals surface area contributed by atoms with Gasteiger partial charge in [-0.3, -0.25) is 14.4 Å². The maximum absolute atomic E-state index is 12.4. The van der Waals surface area contributed by atoms with E-state index >= 15 is 0 Å². The molecule has 0 saturated carbocycles. The van der Waals surface area contributed by atoms with Crippen LogP contribution in [0.3, 0.4) is 0 Å². The van der Waals surface area contributed by atoms with Gasteiger partial charge in [0.1, 0.15) is 0 Å². The Morgan fingerprint density at radius 2 is 1.59 bits per heavy atom. The van der Waals surface area contributed by atoms with Crippen LogP contribution in [0.2, 0.25) is 0 Å². The molecule has 3 rings (SSSR count). The molecule has 1 heterocycles. The van der Waals surface area contributed by atoms with Gasteiger partial charge in [-0.1, -0.05) is 38.1 Å². The zero-order valence-electron chi connectivity index (χ0n) is 19.0. The zero-order valence-corrected chi connectivity index (χ0v) is 19.0. The summed E-state index contributed by atoms with van der Waals surface area (Å²) in [6.07, 6.45) is 2.85. The molecule has 2 amide bonds. The topological polar surface area (TPSA) is 92.5 Å². The van der Waals surface area contributed by atoms with Gasteiger partial charge < -0.3 is 16.0 Å². The summed E-state index contributed by atoms with van der Waals surface area (Å²) < 4.78 is 0. The summed E-state index contributed by atoms with van der Waals surface area (Å²) in [6.45, 7) is 5.92. The Labute approximate surface area is 190 Å². The molecule has 0 bridgehead atoms. The molecule has 0 aromatic heterocycles. The van der Waals surface area contributed by atoms with E-state index in [1.54, 1.807) is 0 Å². The molecule has 0 aliphatic carbocycles. The summed E-state index contributed by atoms with van der Waals surface area (Å²) in [5, 5.41) is 2.86. The Kier molecular flexibility index (Phi) is 8.03. The second kappa shape index (κ2) is 10.9. The Morgan fingerprint density at radius 3 is 2.16 bits per heavy atom. The van der Waals surface area contributed by atoms with Crippen LogP contribution in [0.25, 0.3) is 0 Å². The number of primary amides is 1. The lowest BCUT2D eigenvalue weighted by Crippen LogP contribution is -2.38. The Bertz CT molecular complexity index is 928. The van der Waals surface area contributed by atoms with Gasteiger partial charge in [0.25, 0.3) is 0 Å². The van der Waals surface area contributed by atoms with Crippen LogP contribution in [0.1, 0.15) is 55.5 Å². The number of piperidine rings is 1. The molecule has 0 atom stereocenters. The van der Waals surface area contributed by atoms with Crippen molar-refractivity contribution >= 4 is 29.0 Å². The molecule has 0 radical (unpaired) electrons. The number of nitrogens with two attached hydrogens (primary N) is 1. The quantitative estimate of drug-likeness (QED) is 0.578. The molecule has 1 saturated heterocycles. The molecule has 1 aliphatic rings. The van der Waals surface area contributed by atoms with Crippen LogP contribution in [-0.2, 0) is 16.0 Å². The van der Waals surface area contributed by atoms with Crippen molar-refractivity contribution in [2.75, 3.05) is 23.3 Å². The largest absolute Gasteiger partial charge is 0.371 e. The molecule has 6 heteroatoms. The van der Waals surface area contributed by atoms with Crippen LogP contribution in [-0.4, -0.2) is 30.7 Å². The minimum Gasteiger partial charge on any atom is -0.371 e. The molecule has 0 unspecified atom stereocenters. The molecule has 170 valence electrons. The highest BCUT2D eigenvalue weighted by atomic mass is 16.2. The number of rotatable bonds is 9. The number of ketones is 1. The van der Waals surface area contributed by atoms with Gasteiger partial charge in [-0.05, 0) is 55.0 Å². The number of nitrogens with zero attached hydrogens (tertiary/aromatic N) is 1. The van der Waals surface area contributed by atoms with E-state index < -0.39 is 0 Å². The summed E-state index contributed by atoms with van der Waals surface area (Å²) in [5.41, 5.74) is 9.02. The lowest BCUT2D eigenvalue weighted by Gasteiger charge is -2.32. The van der Waals surface area contributed by atoms with Crippen LogP contribution in [0, 0.1) is 11.8 Å². The Hall–Kier alpha value is -3.15. The molecule has 1 aliphatic heterocycles. The summed E-state index contributed by atoms with van der Waals surface area (Å²) >= 11 is 0. The number of amides is 2.